The van der Waals surface area contributed by atoms with Crippen LogP contribution in [0, 0.1) is 5.92 Å². The van der Waals surface area contributed by atoms with Gasteiger partial charge in [-0.1, -0.05) is 0 Å². The number of amides is 2. The first-order valence-electron chi connectivity index (χ1n) is 5.92. The predicted molar refractivity (Wildman–Crippen MR) is 55.6 cm³/mol. The molecule has 5 nitrogen and oxygen atoms in total. The third-order valence-corrected chi connectivity index (χ3v) is 3.38. The molecule has 5 heteroatoms. The smallest absolute Gasteiger partial charge is 0.242 e. The number of carbonyl (C=O) groups excluding carboxylic acids is 2. The lowest BCUT2D eigenvalue weighted by Gasteiger charge is -2.34. The average Bonchev–Trinajstić information content (AvgIpc) is 3.14. The highest BCUT2D eigenvalue weighted by atomic mass is 16.6. The van der Waals surface area contributed by atoms with E-state index in [1.165, 1.54) is 0 Å². The van der Waals surface area contributed by atoms with Gasteiger partial charge >= 0.3 is 0 Å². The van der Waals surface area contributed by atoms with Gasteiger partial charge in [-0.2, -0.15) is 0 Å². The molecule has 1 atom stereocenters. The maximum atomic E-state index is 11.8. The lowest BCUT2D eigenvalue weighted by molar-refractivity contribution is -0.146. The maximum Gasteiger partial charge on any atom is 0.242 e. The zero-order valence-electron chi connectivity index (χ0n) is 9.22. The Bertz CT molecular complexity index is 323. The van der Waals surface area contributed by atoms with Crippen molar-refractivity contribution < 1.29 is 14.3 Å². The SMILES string of the molecule is O=C1CN(C(=O)C2CC2)CCN1CC1CO1. The van der Waals surface area contributed by atoms with Gasteiger partial charge in [0.1, 0.15) is 0 Å². The number of hydrogen-bond donors (Lipinski definition) is 0. The van der Waals surface area contributed by atoms with E-state index < -0.39 is 0 Å². The Hall–Kier alpha value is -1.10. The molecule has 88 valence electrons. The summed E-state index contributed by atoms with van der Waals surface area (Å²) in [5.74, 6) is 0.456. The Kier molecular flexibility index (Phi) is 2.35. The van der Waals surface area contributed by atoms with E-state index in [1.54, 1.807) is 4.90 Å². The largest absolute Gasteiger partial charge is 0.371 e. The first kappa shape index (κ1) is 10.1. The summed E-state index contributed by atoms with van der Waals surface area (Å²) in [6.45, 7) is 3.09. The molecular formula is C11H16N2O3. The van der Waals surface area contributed by atoms with Crippen molar-refractivity contribution in [3.63, 3.8) is 0 Å². The van der Waals surface area contributed by atoms with Crippen LogP contribution in [0.4, 0.5) is 0 Å². The molecule has 16 heavy (non-hydrogen) atoms. The third-order valence-electron chi connectivity index (χ3n) is 3.38. The molecule has 3 rings (SSSR count). The number of epoxide rings is 1. The Balaban J connectivity index is 1.54. The topological polar surface area (TPSA) is 53.2 Å². The number of carbonyl (C=O) groups is 2. The maximum absolute atomic E-state index is 11.8. The summed E-state index contributed by atoms with van der Waals surface area (Å²) in [5, 5.41) is 0. The van der Waals surface area contributed by atoms with E-state index in [9.17, 15) is 9.59 Å². The normalized spacial score (nSPS) is 29.5. The Labute approximate surface area is 94.3 Å². The fourth-order valence-corrected chi connectivity index (χ4v) is 2.10. The minimum absolute atomic E-state index is 0.0655. The van der Waals surface area contributed by atoms with E-state index in [0.717, 1.165) is 19.4 Å². The molecule has 1 unspecified atom stereocenters. The van der Waals surface area contributed by atoms with Gasteiger partial charge in [-0.25, -0.2) is 0 Å². The number of nitrogens with zero attached hydrogens (tertiary/aromatic N) is 2. The van der Waals surface area contributed by atoms with Gasteiger partial charge in [0.05, 0.1) is 19.3 Å². The summed E-state index contributed by atoms with van der Waals surface area (Å²) < 4.78 is 5.11. The zero-order valence-corrected chi connectivity index (χ0v) is 9.22. The Morgan fingerprint density at radius 1 is 1.38 bits per heavy atom. The summed E-state index contributed by atoms with van der Waals surface area (Å²) in [7, 11) is 0. The molecule has 0 aromatic heterocycles. The van der Waals surface area contributed by atoms with Crippen LogP contribution in [0.2, 0.25) is 0 Å². The fraction of sp³-hybridized carbons (Fsp3) is 0.818. The van der Waals surface area contributed by atoms with Crippen molar-refractivity contribution >= 4 is 11.8 Å². The lowest BCUT2D eigenvalue weighted by Crippen LogP contribution is -2.53. The average molecular weight is 224 g/mol. The quantitative estimate of drug-likeness (QED) is 0.605. The van der Waals surface area contributed by atoms with Gasteiger partial charge in [-0.3, -0.25) is 9.59 Å². The fourth-order valence-electron chi connectivity index (χ4n) is 2.10. The first-order chi connectivity index (χ1) is 7.74. The molecule has 2 amide bonds. The molecule has 0 radical (unpaired) electrons. The van der Waals surface area contributed by atoms with Crippen molar-refractivity contribution in [2.75, 3.05) is 32.8 Å². The molecule has 0 bridgehead atoms. The number of rotatable bonds is 3. The second-order valence-corrected chi connectivity index (χ2v) is 4.83. The number of ether oxygens (including phenoxy) is 1. The standard InChI is InChI=1S/C11H16N2O3/c14-10-6-13(11(15)8-1-2-8)4-3-12(10)5-9-7-16-9/h8-9H,1-7H2. The van der Waals surface area contributed by atoms with Crippen LogP contribution >= 0.6 is 0 Å². The van der Waals surface area contributed by atoms with Crippen molar-refractivity contribution in [1.29, 1.82) is 0 Å². The molecule has 2 aliphatic heterocycles. The van der Waals surface area contributed by atoms with Crippen molar-refractivity contribution in [3.05, 3.63) is 0 Å². The van der Waals surface area contributed by atoms with Crippen LogP contribution in [0.1, 0.15) is 12.8 Å². The molecule has 0 aromatic carbocycles. The van der Waals surface area contributed by atoms with E-state index in [1.807, 2.05) is 4.90 Å². The van der Waals surface area contributed by atoms with E-state index in [4.69, 9.17) is 4.74 Å². The van der Waals surface area contributed by atoms with Crippen LogP contribution in [0.15, 0.2) is 0 Å². The molecule has 2 saturated heterocycles. The second kappa shape index (κ2) is 3.73. The summed E-state index contributed by atoms with van der Waals surface area (Å²) in [4.78, 5) is 27.1. The summed E-state index contributed by atoms with van der Waals surface area (Å²) in [6.07, 6.45) is 2.25. The number of piperazine rings is 1. The Morgan fingerprint density at radius 3 is 2.69 bits per heavy atom. The van der Waals surface area contributed by atoms with Gasteiger partial charge in [0.15, 0.2) is 0 Å². The highest BCUT2D eigenvalue weighted by molar-refractivity contribution is 5.88. The zero-order chi connectivity index (χ0) is 11.1. The first-order valence-corrected chi connectivity index (χ1v) is 5.92. The van der Waals surface area contributed by atoms with Crippen LogP contribution in [-0.4, -0.2) is 60.5 Å². The minimum atomic E-state index is 0.0655. The predicted octanol–water partition coefficient (Wildman–Crippen LogP) is -0.534. The van der Waals surface area contributed by atoms with Gasteiger partial charge < -0.3 is 14.5 Å². The van der Waals surface area contributed by atoms with Crippen molar-refractivity contribution in [2.24, 2.45) is 5.92 Å². The van der Waals surface area contributed by atoms with Gasteiger partial charge in [-0.15, -0.1) is 0 Å². The highest BCUT2D eigenvalue weighted by Gasteiger charge is 2.37. The van der Waals surface area contributed by atoms with Crippen molar-refractivity contribution in [3.8, 4) is 0 Å². The van der Waals surface area contributed by atoms with E-state index in [2.05, 4.69) is 0 Å². The second-order valence-electron chi connectivity index (χ2n) is 4.83. The monoisotopic (exact) mass is 224 g/mol. The Morgan fingerprint density at radius 2 is 2.12 bits per heavy atom. The molecule has 3 aliphatic rings. The molecule has 0 N–H and O–H groups in total. The molecule has 0 spiro atoms. The van der Waals surface area contributed by atoms with Crippen molar-refractivity contribution in [1.82, 2.24) is 9.80 Å². The van der Waals surface area contributed by atoms with Crippen LogP contribution in [0.3, 0.4) is 0 Å². The van der Waals surface area contributed by atoms with E-state index >= 15 is 0 Å². The van der Waals surface area contributed by atoms with Crippen LogP contribution in [0.25, 0.3) is 0 Å². The number of hydrogen-bond acceptors (Lipinski definition) is 3. The van der Waals surface area contributed by atoms with Gasteiger partial charge in [0.2, 0.25) is 11.8 Å². The third kappa shape index (κ3) is 2.04. The molecule has 2 heterocycles. The van der Waals surface area contributed by atoms with E-state index in [0.29, 0.717) is 19.6 Å². The summed E-state index contributed by atoms with van der Waals surface area (Å²) in [6, 6.07) is 0. The molecule has 1 saturated carbocycles. The lowest BCUT2D eigenvalue weighted by atomic mass is 10.2. The minimum Gasteiger partial charge on any atom is -0.371 e. The van der Waals surface area contributed by atoms with Crippen LogP contribution in [-0.2, 0) is 14.3 Å². The summed E-state index contributed by atoms with van der Waals surface area (Å²) >= 11 is 0. The highest BCUT2D eigenvalue weighted by Crippen LogP contribution is 2.31. The molecule has 3 fully saturated rings. The van der Waals surface area contributed by atoms with Gasteiger partial charge in [0, 0.05) is 25.6 Å². The van der Waals surface area contributed by atoms with Crippen molar-refractivity contribution in [2.45, 2.75) is 18.9 Å². The molecule has 1 aliphatic carbocycles. The molecular weight excluding hydrogens is 208 g/mol. The van der Waals surface area contributed by atoms with Crippen LogP contribution in [0.5, 0.6) is 0 Å². The van der Waals surface area contributed by atoms with Gasteiger partial charge in [-0.05, 0) is 12.8 Å². The van der Waals surface area contributed by atoms with Crippen LogP contribution < -0.4 is 0 Å². The summed E-state index contributed by atoms with van der Waals surface area (Å²) in [5.41, 5.74) is 0. The van der Waals surface area contributed by atoms with Gasteiger partial charge in [0.25, 0.3) is 0 Å². The van der Waals surface area contributed by atoms with E-state index in [-0.39, 0.29) is 30.4 Å². The molecule has 0 aromatic rings.